The van der Waals surface area contributed by atoms with Gasteiger partial charge in [-0.05, 0) is 95.2 Å². The topological polar surface area (TPSA) is 99.6 Å². The molecule has 0 unspecified atom stereocenters. The zero-order valence-electron chi connectivity index (χ0n) is 32.8. The van der Waals surface area contributed by atoms with E-state index in [2.05, 4.69) is 65.1 Å². The number of ether oxygens (including phenoxy) is 2. The lowest BCUT2D eigenvalue weighted by Gasteiger charge is -2.37. The Morgan fingerprint density at radius 2 is 1.79 bits per heavy atom. The lowest BCUT2D eigenvalue weighted by atomic mass is 9.82. The SMILES string of the molecule is COc1ccc([Si](C)(C)[C@H]2[C@H](CC(=O)N3CCC[C@H]3CO)O[C@@]3(C(=O)N(C/C=C(\C)CCC=C(C)C)c4ccc(N5CCCCC5=O)cc43)[C@@H]2C)cc1. The highest BCUT2D eigenvalue weighted by molar-refractivity contribution is 6.91. The molecule has 0 saturated carbocycles. The van der Waals surface area contributed by atoms with Crippen LogP contribution < -0.4 is 19.7 Å². The number of hydrogen-bond donors (Lipinski definition) is 1. The molecule has 286 valence electrons. The van der Waals surface area contributed by atoms with Crippen molar-refractivity contribution in [3.63, 3.8) is 0 Å². The number of carbonyl (C=O) groups excluding carboxylic acids is 3. The van der Waals surface area contributed by atoms with E-state index in [4.69, 9.17) is 9.47 Å². The third kappa shape index (κ3) is 7.39. The number of anilines is 2. The van der Waals surface area contributed by atoms with Crippen LogP contribution in [0.1, 0.15) is 84.6 Å². The number of nitrogens with zero attached hydrogens (tertiary/aromatic N) is 3. The number of amides is 3. The summed E-state index contributed by atoms with van der Waals surface area (Å²) >= 11 is 0. The minimum Gasteiger partial charge on any atom is -0.497 e. The smallest absolute Gasteiger partial charge is 0.264 e. The number of hydrogen-bond acceptors (Lipinski definition) is 6. The van der Waals surface area contributed by atoms with E-state index in [-0.39, 0.29) is 48.3 Å². The second-order valence-electron chi connectivity index (χ2n) is 16.4. The van der Waals surface area contributed by atoms with E-state index in [1.807, 2.05) is 45.0 Å². The van der Waals surface area contributed by atoms with Crippen molar-refractivity contribution in [1.29, 1.82) is 0 Å². The van der Waals surface area contributed by atoms with Crippen molar-refractivity contribution in [3.05, 3.63) is 71.3 Å². The maximum atomic E-state index is 15.3. The molecule has 4 aliphatic rings. The highest BCUT2D eigenvalue weighted by Crippen LogP contribution is 2.60. The Morgan fingerprint density at radius 3 is 2.47 bits per heavy atom. The van der Waals surface area contributed by atoms with Crippen LogP contribution in [-0.2, 0) is 24.7 Å². The fraction of sp³-hybridized carbons (Fsp3) is 0.558. The minimum atomic E-state index is -2.48. The second kappa shape index (κ2) is 15.9. The molecule has 0 aromatic heterocycles. The lowest BCUT2D eigenvalue weighted by Crippen LogP contribution is -2.52. The molecule has 3 amide bonds. The summed E-state index contributed by atoms with van der Waals surface area (Å²) in [7, 11) is -0.816. The first-order chi connectivity index (χ1) is 25.3. The van der Waals surface area contributed by atoms with Crippen molar-refractivity contribution in [1.82, 2.24) is 4.90 Å². The van der Waals surface area contributed by atoms with E-state index in [1.165, 1.54) is 16.3 Å². The Balaban J connectivity index is 1.45. The van der Waals surface area contributed by atoms with Gasteiger partial charge in [0.15, 0.2) is 5.60 Å². The fourth-order valence-corrected chi connectivity index (χ4v) is 13.5. The number of carbonyl (C=O) groups is 3. The second-order valence-corrected chi connectivity index (χ2v) is 21.1. The third-order valence-corrected chi connectivity index (χ3v) is 16.8. The Kier molecular flexibility index (Phi) is 11.7. The van der Waals surface area contributed by atoms with Gasteiger partial charge in [0.05, 0.1) is 46.0 Å². The molecule has 53 heavy (non-hydrogen) atoms. The van der Waals surface area contributed by atoms with E-state index in [0.29, 0.717) is 26.1 Å². The van der Waals surface area contributed by atoms with E-state index >= 15 is 4.79 Å². The first-order valence-electron chi connectivity index (χ1n) is 19.6. The van der Waals surface area contributed by atoms with Crippen molar-refractivity contribution in [2.24, 2.45) is 5.92 Å². The van der Waals surface area contributed by atoms with Gasteiger partial charge < -0.3 is 29.3 Å². The molecule has 2 aromatic carbocycles. The maximum Gasteiger partial charge on any atom is 0.264 e. The highest BCUT2D eigenvalue weighted by Gasteiger charge is 2.66. The third-order valence-electron chi connectivity index (χ3n) is 12.5. The predicted molar refractivity (Wildman–Crippen MR) is 213 cm³/mol. The van der Waals surface area contributed by atoms with Gasteiger partial charge >= 0.3 is 0 Å². The number of piperidine rings is 1. The molecule has 3 fully saturated rings. The standard InChI is InChI=1S/C43H59N3O6Si/c1-29(2)12-10-13-30(3)22-25-46-37-21-16-32(44-23-9-8-15-39(44)48)26-36(37)43(42(46)50)31(4)41(53(6,7)35-19-17-34(51-5)18-20-35)38(52-43)27-40(49)45-24-11-14-33(45)28-47/h12,16-22,26,31,33,38,41,47H,8-11,13-15,23-25,27-28H2,1-7H3/b30-22+/t31-,33+,38+,41-,43+/m1/s1. The first-order valence-corrected chi connectivity index (χ1v) is 22.7. The van der Waals surface area contributed by atoms with Crippen LogP contribution >= 0.6 is 0 Å². The highest BCUT2D eigenvalue weighted by atomic mass is 28.3. The molecular weight excluding hydrogens is 683 g/mol. The molecule has 5 atom stereocenters. The Bertz CT molecular complexity index is 1750. The molecule has 1 N–H and O–H groups in total. The molecule has 9 nitrogen and oxygen atoms in total. The van der Waals surface area contributed by atoms with Crippen molar-refractivity contribution >= 4 is 42.4 Å². The Labute approximate surface area is 317 Å². The average Bonchev–Trinajstić information content (AvgIpc) is 3.80. The molecule has 4 aliphatic heterocycles. The van der Waals surface area contributed by atoms with Crippen molar-refractivity contribution in [2.45, 2.75) is 115 Å². The van der Waals surface area contributed by atoms with E-state index in [9.17, 15) is 14.7 Å². The van der Waals surface area contributed by atoms with Crippen LogP contribution in [-0.4, -0.2) is 81.3 Å². The molecule has 3 saturated heterocycles. The number of aliphatic hydroxyl groups excluding tert-OH is 1. The molecule has 0 bridgehead atoms. The molecule has 0 aliphatic carbocycles. The minimum absolute atomic E-state index is 0.0366. The van der Waals surface area contributed by atoms with Crippen LogP contribution in [0.2, 0.25) is 18.6 Å². The summed E-state index contributed by atoms with van der Waals surface area (Å²) in [5, 5.41) is 11.3. The maximum absolute atomic E-state index is 15.3. The number of aliphatic hydroxyl groups is 1. The van der Waals surface area contributed by atoms with Gasteiger partial charge in [-0.25, -0.2) is 0 Å². The molecule has 1 spiro atoms. The zero-order chi connectivity index (χ0) is 38.1. The van der Waals surface area contributed by atoms with Crippen LogP contribution in [0, 0.1) is 5.92 Å². The molecule has 0 radical (unpaired) electrons. The monoisotopic (exact) mass is 741 g/mol. The number of methoxy groups -OCH3 is 1. The molecule has 4 heterocycles. The van der Waals surface area contributed by atoms with Crippen LogP contribution in [0.25, 0.3) is 0 Å². The van der Waals surface area contributed by atoms with Crippen LogP contribution in [0.5, 0.6) is 5.75 Å². The molecule has 10 heteroatoms. The number of fused-ring (bicyclic) bond motifs is 2. The zero-order valence-corrected chi connectivity index (χ0v) is 33.8. The summed E-state index contributed by atoms with van der Waals surface area (Å²) in [4.78, 5) is 48.2. The number of allylic oxidation sites excluding steroid dienone is 3. The number of likely N-dealkylation sites (tertiary alicyclic amines) is 1. The molecule has 6 rings (SSSR count). The van der Waals surface area contributed by atoms with Crippen molar-refractivity contribution in [3.8, 4) is 5.75 Å². The lowest BCUT2D eigenvalue weighted by molar-refractivity contribution is -0.149. The van der Waals surface area contributed by atoms with E-state index in [0.717, 1.165) is 61.2 Å². The summed E-state index contributed by atoms with van der Waals surface area (Å²) in [6.45, 7) is 14.7. The Hall–Kier alpha value is -3.73. The van der Waals surface area contributed by atoms with Gasteiger partial charge in [0.1, 0.15) is 5.75 Å². The number of benzene rings is 2. The summed E-state index contributed by atoms with van der Waals surface area (Å²) in [5.41, 5.74) is 3.45. The molecular formula is C43H59N3O6Si. The number of rotatable bonds is 12. The summed E-state index contributed by atoms with van der Waals surface area (Å²) in [6, 6.07) is 14.0. The largest absolute Gasteiger partial charge is 0.497 e. The van der Waals surface area contributed by atoms with E-state index < -0.39 is 19.8 Å². The van der Waals surface area contributed by atoms with Crippen molar-refractivity contribution < 1.29 is 29.0 Å². The molecule has 2 aromatic rings. The van der Waals surface area contributed by atoms with Crippen molar-refractivity contribution in [2.75, 3.05) is 43.2 Å². The van der Waals surface area contributed by atoms with Gasteiger partial charge in [-0.1, -0.05) is 60.6 Å². The van der Waals surface area contributed by atoms with Crippen LogP contribution in [0.4, 0.5) is 11.4 Å². The van der Waals surface area contributed by atoms with Crippen LogP contribution in [0.3, 0.4) is 0 Å². The predicted octanol–water partition coefficient (Wildman–Crippen LogP) is 6.84. The Morgan fingerprint density at radius 1 is 1.04 bits per heavy atom. The fourth-order valence-electron chi connectivity index (χ4n) is 9.51. The van der Waals surface area contributed by atoms with E-state index in [1.54, 1.807) is 7.11 Å². The van der Waals surface area contributed by atoms with Gasteiger partial charge in [-0.3, -0.25) is 14.4 Å². The normalized spacial score (nSPS) is 26.1. The van der Waals surface area contributed by atoms with Gasteiger partial charge in [-0.15, -0.1) is 0 Å². The quantitative estimate of drug-likeness (QED) is 0.189. The first kappa shape index (κ1) is 39.0. The van der Waals surface area contributed by atoms with Gasteiger partial charge in [0.2, 0.25) is 11.8 Å². The van der Waals surface area contributed by atoms with Crippen LogP contribution in [0.15, 0.2) is 65.8 Å². The van der Waals surface area contributed by atoms with Gasteiger partial charge in [0, 0.05) is 43.2 Å². The van der Waals surface area contributed by atoms with Gasteiger partial charge in [0.25, 0.3) is 5.91 Å². The van der Waals surface area contributed by atoms with Gasteiger partial charge in [-0.2, -0.15) is 0 Å². The summed E-state index contributed by atoms with van der Waals surface area (Å²) in [5.74, 6) is 0.457. The summed E-state index contributed by atoms with van der Waals surface area (Å²) < 4.78 is 12.8. The average molecular weight is 742 g/mol. The summed E-state index contributed by atoms with van der Waals surface area (Å²) in [6.07, 6.45) is 9.82.